The van der Waals surface area contributed by atoms with Gasteiger partial charge in [0.05, 0.1) is 11.4 Å². The molecule has 0 aliphatic carbocycles. The molecule has 1 aromatic rings. The number of hydrogen-bond acceptors (Lipinski definition) is 3. The van der Waals surface area contributed by atoms with Crippen molar-refractivity contribution in [3.8, 4) is 12.3 Å². The first-order valence-corrected chi connectivity index (χ1v) is 6.21. The fraction of sp³-hybridized carbons (Fsp3) is 0.538. The lowest BCUT2D eigenvalue weighted by Gasteiger charge is -2.13. The van der Waals surface area contributed by atoms with Crippen LogP contribution in [0.25, 0.3) is 0 Å². The molecule has 1 aromatic heterocycles. The maximum absolute atomic E-state index is 12.0. The van der Waals surface area contributed by atoms with Gasteiger partial charge in [-0.15, -0.1) is 12.3 Å². The van der Waals surface area contributed by atoms with Crippen LogP contribution in [0.4, 0.5) is 5.69 Å². The molecule has 4 N–H and O–H groups in total. The monoisotopic (exact) mass is 248 g/mol. The van der Waals surface area contributed by atoms with E-state index in [1.165, 1.54) is 0 Å². The molecular weight excluding hydrogens is 228 g/mol. The number of nitrogens with one attached hydrogen (secondary N) is 2. The number of aryl methyl sites for hydroxylation is 1. The molecule has 0 aromatic carbocycles. The van der Waals surface area contributed by atoms with E-state index >= 15 is 0 Å². The van der Waals surface area contributed by atoms with Crippen molar-refractivity contribution in [2.45, 2.75) is 45.6 Å². The van der Waals surface area contributed by atoms with E-state index in [0.717, 1.165) is 25.0 Å². The highest BCUT2D eigenvalue weighted by atomic mass is 16.2. The van der Waals surface area contributed by atoms with Gasteiger partial charge in [-0.3, -0.25) is 9.89 Å². The summed E-state index contributed by atoms with van der Waals surface area (Å²) < 4.78 is 0. The number of nitrogens with two attached hydrogens (primary N) is 1. The molecule has 1 unspecified atom stereocenters. The van der Waals surface area contributed by atoms with Gasteiger partial charge in [-0.2, -0.15) is 5.10 Å². The third kappa shape index (κ3) is 3.27. The van der Waals surface area contributed by atoms with Crippen LogP contribution in [0, 0.1) is 12.3 Å². The van der Waals surface area contributed by atoms with E-state index in [-0.39, 0.29) is 17.6 Å². The molecule has 18 heavy (non-hydrogen) atoms. The molecule has 0 spiro atoms. The molecule has 0 radical (unpaired) electrons. The number of terminal acetylenes is 1. The average Bonchev–Trinajstić information content (AvgIpc) is 2.71. The average molecular weight is 248 g/mol. The van der Waals surface area contributed by atoms with Gasteiger partial charge in [-0.05, 0) is 12.8 Å². The largest absolute Gasteiger partial charge is 0.395 e. The van der Waals surface area contributed by atoms with Gasteiger partial charge in [-0.1, -0.05) is 20.3 Å². The minimum Gasteiger partial charge on any atom is -0.395 e. The van der Waals surface area contributed by atoms with E-state index in [0.29, 0.717) is 12.1 Å². The number of rotatable bonds is 6. The van der Waals surface area contributed by atoms with E-state index in [2.05, 4.69) is 21.4 Å². The SMILES string of the molecule is C#CCC(CC)NC(=O)c1n[nH]c(CCC)c1N. The molecule has 0 saturated carbocycles. The minimum atomic E-state index is -0.270. The Morgan fingerprint density at radius 1 is 1.61 bits per heavy atom. The summed E-state index contributed by atoms with van der Waals surface area (Å²) in [7, 11) is 0. The third-order valence-corrected chi connectivity index (χ3v) is 2.79. The summed E-state index contributed by atoms with van der Waals surface area (Å²) in [6.45, 7) is 4.01. The van der Waals surface area contributed by atoms with Crippen molar-refractivity contribution in [3.05, 3.63) is 11.4 Å². The number of nitrogen functional groups attached to an aromatic ring is 1. The zero-order valence-corrected chi connectivity index (χ0v) is 10.9. The van der Waals surface area contributed by atoms with Gasteiger partial charge < -0.3 is 11.1 Å². The first kappa shape index (κ1) is 14.1. The minimum absolute atomic E-state index is 0.0341. The highest BCUT2D eigenvalue weighted by molar-refractivity contribution is 5.97. The molecule has 0 aliphatic rings. The van der Waals surface area contributed by atoms with Gasteiger partial charge in [0.2, 0.25) is 0 Å². The second-order valence-electron chi connectivity index (χ2n) is 4.20. The Morgan fingerprint density at radius 2 is 2.33 bits per heavy atom. The van der Waals surface area contributed by atoms with Crippen LogP contribution in [0.1, 0.15) is 49.3 Å². The van der Waals surface area contributed by atoms with Crippen molar-refractivity contribution in [2.24, 2.45) is 0 Å². The van der Waals surface area contributed by atoms with Crippen molar-refractivity contribution in [1.82, 2.24) is 15.5 Å². The van der Waals surface area contributed by atoms with Crippen LogP contribution in [0.3, 0.4) is 0 Å². The Labute approximate surface area is 108 Å². The van der Waals surface area contributed by atoms with Crippen LogP contribution < -0.4 is 11.1 Å². The number of aromatic nitrogens is 2. The van der Waals surface area contributed by atoms with Gasteiger partial charge in [0, 0.05) is 12.5 Å². The van der Waals surface area contributed by atoms with Gasteiger partial charge in [-0.25, -0.2) is 0 Å². The second kappa shape index (κ2) is 6.70. The van der Waals surface area contributed by atoms with Crippen LogP contribution in [0.5, 0.6) is 0 Å². The molecule has 5 heteroatoms. The number of aromatic amines is 1. The standard InChI is InChI=1S/C13H20N4O/c1-4-7-9(6-3)15-13(18)12-11(14)10(8-5-2)16-17-12/h1,9H,5-8,14H2,2-3H3,(H,15,18)(H,16,17). The molecular formula is C13H20N4O. The third-order valence-electron chi connectivity index (χ3n) is 2.79. The van der Waals surface area contributed by atoms with Gasteiger partial charge in [0.25, 0.3) is 5.91 Å². The Hall–Kier alpha value is -1.96. The number of anilines is 1. The van der Waals surface area contributed by atoms with E-state index in [9.17, 15) is 4.79 Å². The van der Waals surface area contributed by atoms with Crippen molar-refractivity contribution in [2.75, 3.05) is 5.73 Å². The molecule has 0 fully saturated rings. The van der Waals surface area contributed by atoms with Crippen LogP contribution in [0.2, 0.25) is 0 Å². The second-order valence-corrected chi connectivity index (χ2v) is 4.20. The zero-order chi connectivity index (χ0) is 13.5. The maximum atomic E-state index is 12.0. The van der Waals surface area contributed by atoms with Crippen LogP contribution in [-0.2, 0) is 6.42 Å². The number of carbonyl (C=O) groups excluding carboxylic acids is 1. The smallest absolute Gasteiger partial charge is 0.274 e. The van der Waals surface area contributed by atoms with Gasteiger partial charge in [0.1, 0.15) is 0 Å². The van der Waals surface area contributed by atoms with Crippen molar-refractivity contribution in [1.29, 1.82) is 0 Å². The number of nitrogens with zero attached hydrogens (tertiary/aromatic N) is 1. The number of H-pyrrole nitrogens is 1. The summed E-state index contributed by atoms with van der Waals surface area (Å²) in [4.78, 5) is 12.0. The summed E-state index contributed by atoms with van der Waals surface area (Å²) in [5.41, 5.74) is 7.39. The lowest BCUT2D eigenvalue weighted by molar-refractivity contribution is 0.0932. The van der Waals surface area contributed by atoms with E-state index in [4.69, 9.17) is 12.2 Å². The van der Waals surface area contributed by atoms with Crippen LogP contribution in [0.15, 0.2) is 0 Å². The number of amides is 1. The molecule has 0 saturated heterocycles. The fourth-order valence-electron chi connectivity index (χ4n) is 1.69. The normalized spacial score (nSPS) is 11.8. The van der Waals surface area contributed by atoms with E-state index in [1.54, 1.807) is 0 Å². The van der Waals surface area contributed by atoms with Crippen LogP contribution in [-0.4, -0.2) is 22.1 Å². The van der Waals surface area contributed by atoms with E-state index in [1.807, 2.05) is 13.8 Å². The highest BCUT2D eigenvalue weighted by Crippen LogP contribution is 2.15. The fourth-order valence-corrected chi connectivity index (χ4v) is 1.69. The van der Waals surface area contributed by atoms with Gasteiger partial charge in [0.15, 0.2) is 5.69 Å². The van der Waals surface area contributed by atoms with Crippen molar-refractivity contribution in [3.63, 3.8) is 0 Å². The Balaban J connectivity index is 2.75. The van der Waals surface area contributed by atoms with E-state index < -0.39 is 0 Å². The first-order valence-electron chi connectivity index (χ1n) is 6.21. The summed E-state index contributed by atoms with van der Waals surface area (Å²) in [6.07, 6.45) is 8.27. The highest BCUT2D eigenvalue weighted by Gasteiger charge is 2.18. The Kier molecular flexibility index (Phi) is 5.25. The lowest BCUT2D eigenvalue weighted by atomic mass is 10.1. The summed E-state index contributed by atoms with van der Waals surface area (Å²) in [5, 5.41) is 9.61. The molecule has 5 nitrogen and oxygen atoms in total. The number of hydrogen-bond donors (Lipinski definition) is 3. The lowest BCUT2D eigenvalue weighted by Crippen LogP contribution is -2.34. The molecule has 1 rings (SSSR count). The molecule has 0 bridgehead atoms. The maximum Gasteiger partial charge on any atom is 0.274 e. The summed E-state index contributed by atoms with van der Waals surface area (Å²) >= 11 is 0. The topological polar surface area (TPSA) is 83.8 Å². The van der Waals surface area contributed by atoms with Crippen molar-refractivity contribution >= 4 is 11.6 Å². The summed E-state index contributed by atoms with van der Waals surface area (Å²) in [6, 6.07) is -0.0341. The predicted molar refractivity (Wildman–Crippen MR) is 72.0 cm³/mol. The Morgan fingerprint density at radius 3 is 2.89 bits per heavy atom. The molecule has 98 valence electrons. The Bertz CT molecular complexity index is 444. The molecule has 0 aliphatic heterocycles. The molecule has 1 amide bonds. The van der Waals surface area contributed by atoms with Crippen molar-refractivity contribution < 1.29 is 4.79 Å². The quantitative estimate of drug-likeness (QED) is 0.667. The van der Waals surface area contributed by atoms with Crippen LogP contribution >= 0.6 is 0 Å². The zero-order valence-electron chi connectivity index (χ0n) is 10.9. The molecule has 1 atom stereocenters. The number of carbonyl (C=O) groups is 1. The first-order chi connectivity index (χ1) is 8.63. The van der Waals surface area contributed by atoms with Gasteiger partial charge >= 0.3 is 0 Å². The predicted octanol–water partition coefficient (Wildman–Crippen LogP) is 1.48. The summed E-state index contributed by atoms with van der Waals surface area (Å²) in [5.74, 6) is 2.27. The molecule has 1 heterocycles.